The van der Waals surface area contributed by atoms with Crippen molar-refractivity contribution < 1.29 is 0 Å². The third kappa shape index (κ3) is 5.43. The van der Waals surface area contributed by atoms with E-state index >= 15 is 0 Å². The third-order valence-corrected chi connectivity index (χ3v) is 13.3. The summed E-state index contributed by atoms with van der Waals surface area (Å²) in [7, 11) is 0. The monoisotopic (exact) mass is 735 g/mol. The number of benzene rings is 9. The van der Waals surface area contributed by atoms with Crippen LogP contribution >= 0.6 is 22.7 Å². The lowest BCUT2D eigenvalue weighted by Crippen LogP contribution is -2.11. The second kappa shape index (κ2) is 13.1. The standard InChI is InChI=1S/C52H33NS2/c1-2-13-36(14-3-1)42-18-10-19-44-45-20-11-22-48(52(45)55-51(42)44)53(47-21-8-6-16-41(47)39-25-24-34-12-4-5-15-37(34)32-39)40-29-26-35(27-30-40)38-28-31-50-46(33-38)43-17-7-9-23-49(43)54-50/h1-33H. The Morgan fingerprint density at radius 1 is 0.309 bits per heavy atom. The molecule has 2 aromatic heterocycles. The summed E-state index contributed by atoms with van der Waals surface area (Å²) >= 11 is 3.76. The zero-order valence-corrected chi connectivity index (χ0v) is 31.4. The van der Waals surface area contributed by atoms with E-state index < -0.39 is 0 Å². The van der Waals surface area contributed by atoms with E-state index in [-0.39, 0.29) is 0 Å². The van der Waals surface area contributed by atoms with Crippen molar-refractivity contribution in [3.05, 3.63) is 200 Å². The first kappa shape index (κ1) is 32.0. The van der Waals surface area contributed by atoms with Gasteiger partial charge < -0.3 is 4.90 Å². The number of thiophene rings is 2. The van der Waals surface area contributed by atoms with E-state index in [0.717, 1.165) is 11.4 Å². The summed E-state index contributed by atoms with van der Waals surface area (Å²) in [6.07, 6.45) is 0. The minimum atomic E-state index is 1.12. The lowest BCUT2D eigenvalue weighted by molar-refractivity contribution is 1.30. The fraction of sp³-hybridized carbons (Fsp3) is 0. The number of hydrogen-bond donors (Lipinski definition) is 0. The quantitative estimate of drug-likeness (QED) is 0.164. The Labute approximate surface area is 327 Å². The number of nitrogens with zero attached hydrogens (tertiary/aromatic N) is 1. The van der Waals surface area contributed by atoms with Gasteiger partial charge in [-0.1, -0.05) is 152 Å². The Kier molecular flexibility index (Phi) is 7.61. The molecular weight excluding hydrogens is 703 g/mol. The molecule has 0 aliphatic rings. The van der Waals surface area contributed by atoms with Crippen LogP contribution in [-0.4, -0.2) is 0 Å². The number of anilines is 3. The summed E-state index contributed by atoms with van der Waals surface area (Å²) < 4.78 is 5.24. The van der Waals surface area contributed by atoms with E-state index in [2.05, 4.69) is 205 Å². The molecule has 55 heavy (non-hydrogen) atoms. The molecule has 0 radical (unpaired) electrons. The molecule has 0 amide bonds. The van der Waals surface area contributed by atoms with Gasteiger partial charge in [-0.15, -0.1) is 22.7 Å². The Balaban J connectivity index is 1.11. The predicted molar refractivity (Wildman–Crippen MR) is 241 cm³/mol. The van der Waals surface area contributed by atoms with Crippen LogP contribution in [0, 0.1) is 0 Å². The van der Waals surface area contributed by atoms with Gasteiger partial charge in [0.15, 0.2) is 0 Å². The van der Waals surface area contributed by atoms with Crippen LogP contribution in [-0.2, 0) is 0 Å². The van der Waals surface area contributed by atoms with E-state index in [4.69, 9.17) is 0 Å². The van der Waals surface area contributed by atoms with E-state index in [1.807, 2.05) is 22.7 Å². The fourth-order valence-corrected chi connectivity index (χ4v) is 10.6. The highest BCUT2D eigenvalue weighted by molar-refractivity contribution is 7.27. The zero-order chi connectivity index (χ0) is 36.3. The van der Waals surface area contributed by atoms with E-state index in [1.54, 1.807) is 0 Å². The molecule has 9 aromatic carbocycles. The second-order valence-electron chi connectivity index (χ2n) is 14.1. The summed E-state index contributed by atoms with van der Waals surface area (Å²) in [5.74, 6) is 0. The van der Waals surface area contributed by atoms with Crippen molar-refractivity contribution in [2.24, 2.45) is 0 Å². The highest BCUT2D eigenvalue weighted by Gasteiger charge is 2.22. The fourth-order valence-electron chi connectivity index (χ4n) is 8.21. The molecule has 0 saturated heterocycles. The minimum Gasteiger partial charge on any atom is -0.308 e. The van der Waals surface area contributed by atoms with Crippen LogP contribution in [0.2, 0.25) is 0 Å². The molecule has 258 valence electrons. The summed E-state index contributed by atoms with van der Waals surface area (Å²) in [5, 5.41) is 7.69. The maximum absolute atomic E-state index is 2.48. The maximum atomic E-state index is 2.48. The van der Waals surface area contributed by atoms with E-state index in [0.29, 0.717) is 0 Å². The average molecular weight is 736 g/mol. The van der Waals surface area contributed by atoms with Crippen LogP contribution in [0.4, 0.5) is 17.1 Å². The molecule has 0 aliphatic carbocycles. The Hall–Kier alpha value is -6.52. The smallest absolute Gasteiger partial charge is 0.0640 e. The summed E-state index contributed by atoms with van der Waals surface area (Å²) in [4.78, 5) is 2.48. The molecule has 0 spiro atoms. The van der Waals surface area contributed by atoms with Crippen LogP contribution in [0.1, 0.15) is 0 Å². The third-order valence-electron chi connectivity index (χ3n) is 10.9. The maximum Gasteiger partial charge on any atom is 0.0640 e. The van der Waals surface area contributed by atoms with Crippen molar-refractivity contribution in [2.45, 2.75) is 0 Å². The van der Waals surface area contributed by atoms with Gasteiger partial charge in [0, 0.05) is 46.9 Å². The molecule has 1 nitrogen and oxygen atoms in total. The molecule has 11 aromatic rings. The van der Waals surface area contributed by atoms with E-state index in [1.165, 1.54) is 90.2 Å². The van der Waals surface area contributed by atoms with E-state index in [9.17, 15) is 0 Å². The number of para-hydroxylation sites is 1. The van der Waals surface area contributed by atoms with Gasteiger partial charge in [0.05, 0.1) is 16.1 Å². The van der Waals surface area contributed by atoms with Gasteiger partial charge in [0.2, 0.25) is 0 Å². The average Bonchev–Trinajstić information content (AvgIpc) is 3.83. The lowest BCUT2D eigenvalue weighted by Gasteiger charge is -2.28. The molecule has 0 bridgehead atoms. The summed E-state index contributed by atoms with van der Waals surface area (Å²) in [5.41, 5.74) is 10.8. The second-order valence-corrected chi connectivity index (χ2v) is 16.2. The molecule has 0 N–H and O–H groups in total. The van der Waals surface area contributed by atoms with Crippen LogP contribution in [0.5, 0.6) is 0 Å². The van der Waals surface area contributed by atoms with Crippen LogP contribution in [0.25, 0.3) is 84.5 Å². The Bertz CT molecular complexity index is 3210. The van der Waals surface area contributed by atoms with Crippen LogP contribution in [0.15, 0.2) is 200 Å². The van der Waals surface area contributed by atoms with Crippen molar-refractivity contribution in [1.82, 2.24) is 0 Å². The first-order chi connectivity index (χ1) is 27.3. The molecule has 0 unspecified atom stereocenters. The van der Waals surface area contributed by atoms with Crippen molar-refractivity contribution in [3.8, 4) is 33.4 Å². The zero-order valence-electron chi connectivity index (χ0n) is 29.8. The highest BCUT2D eigenvalue weighted by Crippen LogP contribution is 2.49. The first-order valence-electron chi connectivity index (χ1n) is 18.7. The number of hydrogen-bond acceptors (Lipinski definition) is 3. The normalized spacial score (nSPS) is 11.6. The number of fused-ring (bicyclic) bond motifs is 7. The highest BCUT2D eigenvalue weighted by atomic mass is 32.1. The molecule has 3 heteroatoms. The van der Waals surface area contributed by atoms with Gasteiger partial charge in [0.25, 0.3) is 0 Å². The topological polar surface area (TPSA) is 3.24 Å². The SMILES string of the molecule is c1ccc(-c2cccc3c2sc2c(N(c4ccc(-c5ccc6sc7ccccc7c6c5)cc4)c4ccccc4-c4ccc5ccccc5c4)cccc23)cc1. The van der Waals surface area contributed by atoms with Crippen molar-refractivity contribution in [2.75, 3.05) is 4.90 Å². The van der Waals surface area contributed by atoms with Gasteiger partial charge in [-0.3, -0.25) is 0 Å². The Morgan fingerprint density at radius 3 is 1.84 bits per heavy atom. The van der Waals surface area contributed by atoms with Gasteiger partial charge in [-0.2, -0.15) is 0 Å². The molecule has 11 rings (SSSR count). The molecule has 0 saturated carbocycles. The lowest BCUT2D eigenvalue weighted by atomic mass is 9.98. The van der Waals surface area contributed by atoms with Crippen molar-refractivity contribution in [1.29, 1.82) is 0 Å². The largest absolute Gasteiger partial charge is 0.308 e. The van der Waals surface area contributed by atoms with Crippen LogP contribution in [0.3, 0.4) is 0 Å². The van der Waals surface area contributed by atoms with Crippen molar-refractivity contribution in [3.63, 3.8) is 0 Å². The predicted octanol–water partition coefficient (Wildman–Crippen LogP) is 16.0. The molecule has 0 atom stereocenters. The van der Waals surface area contributed by atoms with Gasteiger partial charge in [0.1, 0.15) is 0 Å². The Morgan fingerprint density at radius 2 is 0.945 bits per heavy atom. The minimum absolute atomic E-state index is 1.12. The summed E-state index contributed by atoms with van der Waals surface area (Å²) in [6, 6.07) is 73.4. The van der Waals surface area contributed by atoms with Gasteiger partial charge in [-0.05, 0) is 87.1 Å². The molecule has 0 aliphatic heterocycles. The first-order valence-corrected chi connectivity index (χ1v) is 20.3. The number of rotatable bonds is 6. The molecule has 0 fully saturated rings. The van der Waals surface area contributed by atoms with Crippen molar-refractivity contribution >= 4 is 90.9 Å². The van der Waals surface area contributed by atoms with Crippen LogP contribution < -0.4 is 4.90 Å². The molecule has 2 heterocycles. The van der Waals surface area contributed by atoms with Gasteiger partial charge >= 0.3 is 0 Å². The van der Waals surface area contributed by atoms with Gasteiger partial charge in [-0.25, -0.2) is 0 Å². The summed E-state index contributed by atoms with van der Waals surface area (Å²) in [6.45, 7) is 0. The molecular formula is C52H33NS2.